The van der Waals surface area contributed by atoms with Crippen molar-refractivity contribution in [1.29, 1.82) is 0 Å². The van der Waals surface area contributed by atoms with Crippen molar-refractivity contribution in [3.8, 4) is 0 Å². The van der Waals surface area contributed by atoms with Gasteiger partial charge in [-0.25, -0.2) is 0 Å². The van der Waals surface area contributed by atoms with Crippen LogP contribution in [-0.2, 0) is 5.33 Å². The van der Waals surface area contributed by atoms with Crippen molar-refractivity contribution < 1.29 is 0 Å². The molecule has 2 atom stereocenters. The molecule has 1 aromatic carbocycles. The van der Waals surface area contributed by atoms with Crippen molar-refractivity contribution in [3.05, 3.63) is 28.2 Å². The predicted octanol–water partition coefficient (Wildman–Crippen LogP) is 4.58. The first-order chi connectivity index (χ1) is 7.61. The second kappa shape index (κ2) is 5.09. The van der Waals surface area contributed by atoms with Crippen LogP contribution in [0.15, 0.2) is 22.7 Å². The molecule has 1 nitrogen and oxygen atoms in total. The van der Waals surface area contributed by atoms with Crippen molar-refractivity contribution in [2.45, 2.75) is 31.6 Å². The van der Waals surface area contributed by atoms with Gasteiger partial charge >= 0.3 is 0 Å². The highest BCUT2D eigenvalue weighted by molar-refractivity contribution is 9.10. The molecule has 0 N–H and O–H groups in total. The van der Waals surface area contributed by atoms with Crippen molar-refractivity contribution in [1.82, 2.24) is 0 Å². The first-order valence-electron chi connectivity index (χ1n) is 5.73. The van der Waals surface area contributed by atoms with Gasteiger partial charge in [0.25, 0.3) is 0 Å². The van der Waals surface area contributed by atoms with Gasteiger partial charge in [0.1, 0.15) is 0 Å². The van der Waals surface area contributed by atoms with Crippen LogP contribution < -0.4 is 4.90 Å². The SMILES string of the molecule is CC1CC(C)N(c2cc(Br)ccc2CBr)C1. The van der Waals surface area contributed by atoms with E-state index in [9.17, 15) is 0 Å². The van der Waals surface area contributed by atoms with Crippen LogP contribution in [0.3, 0.4) is 0 Å². The summed E-state index contributed by atoms with van der Waals surface area (Å²) in [6, 6.07) is 7.21. The van der Waals surface area contributed by atoms with E-state index >= 15 is 0 Å². The van der Waals surface area contributed by atoms with E-state index in [1.54, 1.807) is 0 Å². The van der Waals surface area contributed by atoms with Crippen LogP contribution in [0.5, 0.6) is 0 Å². The van der Waals surface area contributed by atoms with E-state index in [-0.39, 0.29) is 0 Å². The molecule has 88 valence electrons. The van der Waals surface area contributed by atoms with Crippen LogP contribution in [0.2, 0.25) is 0 Å². The summed E-state index contributed by atoms with van der Waals surface area (Å²) in [5.41, 5.74) is 2.76. The fraction of sp³-hybridized carbons (Fsp3) is 0.538. The largest absolute Gasteiger partial charge is 0.368 e. The van der Waals surface area contributed by atoms with E-state index in [2.05, 4.69) is 68.8 Å². The zero-order valence-electron chi connectivity index (χ0n) is 9.71. The van der Waals surface area contributed by atoms with Gasteiger partial charge in [-0.1, -0.05) is 44.8 Å². The average Bonchev–Trinajstić information content (AvgIpc) is 2.57. The van der Waals surface area contributed by atoms with Gasteiger partial charge in [0.05, 0.1) is 0 Å². The van der Waals surface area contributed by atoms with Crippen LogP contribution in [-0.4, -0.2) is 12.6 Å². The second-order valence-corrected chi connectivity index (χ2v) is 6.23. The highest BCUT2D eigenvalue weighted by Crippen LogP contribution is 2.34. The molecule has 1 fully saturated rings. The van der Waals surface area contributed by atoms with Crippen LogP contribution >= 0.6 is 31.9 Å². The number of benzene rings is 1. The van der Waals surface area contributed by atoms with Crippen molar-refractivity contribution in [3.63, 3.8) is 0 Å². The van der Waals surface area contributed by atoms with Gasteiger partial charge in [-0.05, 0) is 37.0 Å². The summed E-state index contributed by atoms with van der Waals surface area (Å²) in [5.74, 6) is 0.803. The molecule has 1 saturated heterocycles. The molecule has 0 amide bonds. The summed E-state index contributed by atoms with van der Waals surface area (Å²) in [5, 5.41) is 0.924. The molecule has 1 heterocycles. The van der Waals surface area contributed by atoms with Gasteiger partial charge in [0.2, 0.25) is 0 Å². The van der Waals surface area contributed by atoms with E-state index in [0.717, 1.165) is 11.2 Å². The van der Waals surface area contributed by atoms with Crippen LogP contribution in [0, 0.1) is 5.92 Å². The fourth-order valence-corrected chi connectivity index (χ4v) is 3.38. The molecule has 16 heavy (non-hydrogen) atoms. The Kier molecular flexibility index (Phi) is 3.96. The predicted molar refractivity (Wildman–Crippen MR) is 77.4 cm³/mol. The molecule has 3 heteroatoms. The number of rotatable bonds is 2. The summed E-state index contributed by atoms with van der Waals surface area (Å²) in [4.78, 5) is 2.53. The summed E-state index contributed by atoms with van der Waals surface area (Å²) in [6.45, 7) is 5.84. The molecule has 1 aliphatic rings. The lowest BCUT2D eigenvalue weighted by Crippen LogP contribution is -2.27. The maximum absolute atomic E-state index is 3.57. The molecule has 2 rings (SSSR count). The molecule has 0 aliphatic carbocycles. The standard InChI is InChI=1S/C13H17Br2N/c1-9-5-10(2)16(8-9)13-6-12(15)4-3-11(13)7-14/h3-4,6,9-10H,5,7-8H2,1-2H3. The quantitative estimate of drug-likeness (QED) is 0.708. The van der Waals surface area contributed by atoms with Gasteiger partial charge in [-0.15, -0.1) is 0 Å². The number of nitrogens with zero attached hydrogens (tertiary/aromatic N) is 1. The molecule has 1 aromatic rings. The van der Waals surface area contributed by atoms with E-state index in [0.29, 0.717) is 6.04 Å². The van der Waals surface area contributed by atoms with Gasteiger partial charge < -0.3 is 4.90 Å². The minimum absolute atomic E-state index is 0.655. The average molecular weight is 347 g/mol. The third-order valence-electron chi connectivity index (χ3n) is 3.28. The van der Waals surface area contributed by atoms with Crippen molar-refractivity contribution >= 4 is 37.5 Å². The molecular weight excluding hydrogens is 330 g/mol. The summed E-state index contributed by atoms with van der Waals surface area (Å²) in [7, 11) is 0. The summed E-state index contributed by atoms with van der Waals surface area (Å²) < 4.78 is 1.17. The van der Waals surface area contributed by atoms with Crippen molar-refractivity contribution in [2.75, 3.05) is 11.4 Å². The van der Waals surface area contributed by atoms with E-state index < -0.39 is 0 Å². The maximum Gasteiger partial charge on any atom is 0.0421 e. The fourth-order valence-electron chi connectivity index (χ4n) is 2.55. The topological polar surface area (TPSA) is 3.24 Å². The van der Waals surface area contributed by atoms with Crippen LogP contribution in [0.25, 0.3) is 0 Å². The molecule has 0 spiro atoms. The molecule has 1 aliphatic heterocycles. The first-order valence-corrected chi connectivity index (χ1v) is 7.64. The van der Waals surface area contributed by atoms with Gasteiger partial charge in [-0.3, -0.25) is 0 Å². The lowest BCUT2D eigenvalue weighted by molar-refractivity contribution is 0.625. The Morgan fingerprint density at radius 2 is 2.12 bits per heavy atom. The minimum atomic E-state index is 0.655. The Morgan fingerprint density at radius 1 is 1.38 bits per heavy atom. The molecule has 0 aromatic heterocycles. The first kappa shape index (κ1) is 12.4. The number of hydrogen-bond acceptors (Lipinski definition) is 1. The van der Waals surface area contributed by atoms with E-state index in [1.165, 1.54) is 28.7 Å². The molecule has 0 saturated carbocycles. The maximum atomic E-state index is 3.57. The molecular formula is C13H17Br2N. The smallest absolute Gasteiger partial charge is 0.0421 e. The molecule has 0 bridgehead atoms. The zero-order valence-corrected chi connectivity index (χ0v) is 12.9. The Labute approximate surface area is 114 Å². The Balaban J connectivity index is 2.35. The monoisotopic (exact) mass is 345 g/mol. The number of anilines is 1. The van der Waals surface area contributed by atoms with Crippen LogP contribution in [0.4, 0.5) is 5.69 Å². The Hall–Kier alpha value is -0.0200. The Bertz CT molecular complexity index is 378. The van der Waals surface area contributed by atoms with Gasteiger partial charge in [0.15, 0.2) is 0 Å². The summed E-state index contributed by atoms with van der Waals surface area (Å²) >= 11 is 7.14. The Morgan fingerprint density at radius 3 is 2.69 bits per heavy atom. The summed E-state index contributed by atoms with van der Waals surface area (Å²) in [6.07, 6.45) is 1.30. The third kappa shape index (κ3) is 2.45. The van der Waals surface area contributed by atoms with Crippen LogP contribution in [0.1, 0.15) is 25.8 Å². The number of alkyl halides is 1. The molecule has 0 radical (unpaired) electrons. The lowest BCUT2D eigenvalue weighted by Gasteiger charge is -2.26. The number of halogens is 2. The highest BCUT2D eigenvalue weighted by Gasteiger charge is 2.27. The van der Waals surface area contributed by atoms with Gasteiger partial charge in [0, 0.05) is 28.1 Å². The minimum Gasteiger partial charge on any atom is -0.368 e. The third-order valence-corrected chi connectivity index (χ3v) is 4.38. The van der Waals surface area contributed by atoms with Crippen molar-refractivity contribution in [2.24, 2.45) is 5.92 Å². The molecule has 2 unspecified atom stereocenters. The van der Waals surface area contributed by atoms with E-state index in [4.69, 9.17) is 0 Å². The zero-order chi connectivity index (χ0) is 11.7. The van der Waals surface area contributed by atoms with Gasteiger partial charge in [-0.2, -0.15) is 0 Å². The lowest BCUT2D eigenvalue weighted by atomic mass is 10.1. The number of hydrogen-bond donors (Lipinski definition) is 0. The normalized spacial score (nSPS) is 25.1. The second-order valence-electron chi connectivity index (χ2n) is 4.75. The van der Waals surface area contributed by atoms with E-state index in [1.807, 2.05) is 0 Å². The highest BCUT2D eigenvalue weighted by atomic mass is 79.9.